The highest BCUT2D eigenvalue weighted by molar-refractivity contribution is 6.28. The van der Waals surface area contributed by atoms with Crippen molar-refractivity contribution in [1.82, 2.24) is 15.0 Å². The summed E-state index contributed by atoms with van der Waals surface area (Å²) in [6.45, 7) is 1.67. The molecule has 0 saturated heterocycles. The summed E-state index contributed by atoms with van der Waals surface area (Å²) in [6, 6.07) is -0.298. The van der Waals surface area contributed by atoms with Crippen LogP contribution in [-0.2, 0) is 0 Å². The van der Waals surface area contributed by atoms with Crippen LogP contribution in [0, 0.1) is 6.92 Å². The average molecular weight is 249 g/mol. The Balaban J connectivity index is 2.05. The van der Waals surface area contributed by atoms with E-state index in [4.69, 9.17) is 11.6 Å². The summed E-state index contributed by atoms with van der Waals surface area (Å²) in [5.74, 6) is -1.85. The average Bonchev–Trinajstić information content (AvgIpc) is 2.43. The van der Waals surface area contributed by atoms with Crippen LogP contribution in [0.25, 0.3) is 0 Å². The monoisotopic (exact) mass is 248 g/mol. The smallest absolute Gasteiger partial charge is 0.250 e. The van der Waals surface area contributed by atoms with E-state index in [1.165, 1.54) is 0 Å². The number of hydrogen-bond acceptors (Lipinski definition) is 4. The van der Waals surface area contributed by atoms with Gasteiger partial charge in [-0.3, -0.25) is 0 Å². The molecule has 88 valence electrons. The minimum absolute atomic E-state index is 0.0692. The first-order valence-electron chi connectivity index (χ1n) is 4.97. The molecule has 1 fully saturated rings. The van der Waals surface area contributed by atoms with Gasteiger partial charge in [-0.2, -0.15) is 9.97 Å². The zero-order chi connectivity index (χ0) is 11.8. The third kappa shape index (κ3) is 2.75. The lowest BCUT2D eigenvalue weighted by atomic mass is 10.2. The predicted octanol–water partition coefficient (Wildman–Crippen LogP) is 2.43. The van der Waals surface area contributed by atoms with Gasteiger partial charge in [0.05, 0.1) is 0 Å². The molecule has 1 heterocycles. The van der Waals surface area contributed by atoms with Crippen molar-refractivity contribution >= 4 is 17.5 Å². The zero-order valence-corrected chi connectivity index (χ0v) is 9.43. The number of nitrogens with zero attached hydrogens (tertiary/aromatic N) is 3. The quantitative estimate of drug-likeness (QED) is 0.873. The van der Waals surface area contributed by atoms with Crippen molar-refractivity contribution in [3.05, 3.63) is 11.1 Å². The van der Waals surface area contributed by atoms with Crippen molar-refractivity contribution in [1.29, 1.82) is 0 Å². The molecule has 0 unspecified atom stereocenters. The first kappa shape index (κ1) is 11.4. The maximum atomic E-state index is 12.9. The lowest BCUT2D eigenvalue weighted by Crippen LogP contribution is -2.20. The maximum absolute atomic E-state index is 12.9. The highest BCUT2D eigenvalue weighted by Gasteiger charge is 2.39. The number of nitrogens with one attached hydrogen (secondary N) is 1. The van der Waals surface area contributed by atoms with Gasteiger partial charge in [0.2, 0.25) is 17.2 Å². The third-order valence-corrected chi connectivity index (χ3v) is 2.63. The highest BCUT2D eigenvalue weighted by atomic mass is 35.5. The van der Waals surface area contributed by atoms with Gasteiger partial charge in [-0.25, -0.2) is 13.8 Å². The Kier molecular flexibility index (Phi) is 2.92. The normalized spacial score (nSPS) is 23.4. The number of halogens is 3. The molecule has 1 atom stereocenters. The maximum Gasteiger partial charge on any atom is 0.250 e. The molecule has 1 aliphatic carbocycles. The van der Waals surface area contributed by atoms with Crippen LogP contribution in [0.2, 0.25) is 5.28 Å². The predicted molar refractivity (Wildman–Crippen MR) is 55.8 cm³/mol. The molecule has 16 heavy (non-hydrogen) atoms. The van der Waals surface area contributed by atoms with Crippen LogP contribution in [0.3, 0.4) is 0 Å². The van der Waals surface area contributed by atoms with Crippen LogP contribution >= 0.6 is 11.6 Å². The van der Waals surface area contributed by atoms with Gasteiger partial charge in [-0.1, -0.05) is 0 Å². The van der Waals surface area contributed by atoms with Crippen LogP contribution in [0.4, 0.5) is 14.7 Å². The van der Waals surface area contributed by atoms with E-state index in [1.54, 1.807) is 6.92 Å². The third-order valence-electron chi connectivity index (χ3n) is 2.46. The fourth-order valence-corrected chi connectivity index (χ4v) is 1.97. The second kappa shape index (κ2) is 4.08. The molecule has 0 aliphatic heterocycles. The van der Waals surface area contributed by atoms with Crippen LogP contribution < -0.4 is 5.32 Å². The zero-order valence-electron chi connectivity index (χ0n) is 8.67. The molecule has 0 bridgehead atoms. The molecule has 1 aromatic rings. The van der Waals surface area contributed by atoms with Gasteiger partial charge in [-0.15, -0.1) is 0 Å². The number of aromatic nitrogens is 3. The molecule has 2 rings (SSSR count). The van der Waals surface area contributed by atoms with E-state index in [2.05, 4.69) is 20.3 Å². The van der Waals surface area contributed by atoms with Crippen molar-refractivity contribution in [2.75, 3.05) is 5.32 Å². The molecule has 7 heteroatoms. The molecule has 0 radical (unpaired) electrons. The lowest BCUT2D eigenvalue weighted by molar-refractivity contribution is 0.00851. The molecule has 1 aromatic heterocycles. The number of aryl methyl sites for hydroxylation is 1. The fourth-order valence-electron chi connectivity index (χ4n) is 1.77. The Morgan fingerprint density at radius 3 is 2.69 bits per heavy atom. The number of anilines is 1. The Hall–Kier alpha value is -1.04. The molecule has 1 saturated carbocycles. The summed E-state index contributed by atoms with van der Waals surface area (Å²) in [7, 11) is 0. The summed E-state index contributed by atoms with van der Waals surface area (Å²) < 4.78 is 25.9. The van der Waals surface area contributed by atoms with Crippen molar-refractivity contribution in [3.8, 4) is 0 Å². The van der Waals surface area contributed by atoms with E-state index in [0.29, 0.717) is 12.2 Å². The number of hydrogen-bond donors (Lipinski definition) is 1. The largest absolute Gasteiger partial charge is 0.351 e. The van der Waals surface area contributed by atoms with Gasteiger partial charge in [0, 0.05) is 18.9 Å². The van der Waals surface area contributed by atoms with E-state index in [-0.39, 0.29) is 30.1 Å². The second-order valence-corrected chi connectivity index (χ2v) is 4.25. The van der Waals surface area contributed by atoms with Crippen LogP contribution in [-0.4, -0.2) is 26.9 Å². The second-order valence-electron chi connectivity index (χ2n) is 3.92. The van der Waals surface area contributed by atoms with Gasteiger partial charge in [0.1, 0.15) is 5.82 Å². The Bertz CT molecular complexity index is 379. The van der Waals surface area contributed by atoms with E-state index in [0.717, 1.165) is 0 Å². The SMILES string of the molecule is Cc1nc(Cl)nc(N[C@@H]2CCC(F)(F)C2)n1. The molecule has 1 N–H and O–H groups in total. The number of alkyl halides is 2. The van der Waals surface area contributed by atoms with Gasteiger partial charge in [0.25, 0.3) is 0 Å². The Labute approximate surface area is 96.5 Å². The topological polar surface area (TPSA) is 50.7 Å². The molecule has 1 aliphatic rings. The summed E-state index contributed by atoms with van der Waals surface area (Å²) in [6.07, 6.45) is 0.132. The molecule has 0 amide bonds. The molecule has 0 aromatic carbocycles. The van der Waals surface area contributed by atoms with Crippen LogP contribution in [0.5, 0.6) is 0 Å². The van der Waals surface area contributed by atoms with Gasteiger partial charge < -0.3 is 5.32 Å². The van der Waals surface area contributed by atoms with Gasteiger partial charge >= 0.3 is 0 Å². The van der Waals surface area contributed by atoms with E-state index in [9.17, 15) is 8.78 Å². The van der Waals surface area contributed by atoms with Crippen LogP contribution in [0.15, 0.2) is 0 Å². The van der Waals surface area contributed by atoms with Gasteiger partial charge in [0.15, 0.2) is 0 Å². The molecule has 4 nitrogen and oxygen atoms in total. The highest BCUT2D eigenvalue weighted by Crippen LogP contribution is 2.35. The first-order chi connectivity index (χ1) is 7.44. The van der Waals surface area contributed by atoms with Crippen molar-refractivity contribution in [2.45, 2.75) is 38.2 Å². The van der Waals surface area contributed by atoms with Crippen molar-refractivity contribution in [2.24, 2.45) is 0 Å². The minimum Gasteiger partial charge on any atom is -0.351 e. The molecule has 0 spiro atoms. The van der Waals surface area contributed by atoms with Crippen molar-refractivity contribution < 1.29 is 8.78 Å². The Morgan fingerprint density at radius 1 is 1.38 bits per heavy atom. The Morgan fingerprint density at radius 2 is 2.12 bits per heavy atom. The summed E-state index contributed by atoms with van der Waals surface area (Å²) >= 11 is 5.64. The van der Waals surface area contributed by atoms with Crippen molar-refractivity contribution in [3.63, 3.8) is 0 Å². The first-order valence-corrected chi connectivity index (χ1v) is 5.35. The summed E-state index contributed by atoms with van der Waals surface area (Å²) in [5, 5.41) is 2.92. The van der Waals surface area contributed by atoms with E-state index >= 15 is 0 Å². The molecular weight excluding hydrogens is 238 g/mol. The standard InChI is InChI=1S/C9H11ClF2N4/c1-5-13-7(10)16-8(14-5)15-6-2-3-9(11,12)4-6/h6H,2-4H2,1H3,(H,13,14,15,16)/t6-/m1/s1. The number of rotatable bonds is 2. The summed E-state index contributed by atoms with van der Waals surface area (Å²) in [5.41, 5.74) is 0. The van der Waals surface area contributed by atoms with E-state index in [1.807, 2.05) is 0 Å². The molecular formula is C9H11ClF2N4. The van der Waals surface area contributed by atoms with Crippen LogP contribution in [0.1, 0.15) is 25.1 Å². The fraction of sp³-hybridized carbons (Fsp3) is 0.667. The minimum atomic E-state index is -2.58. The van der Waals surface area contributed by atoms with Gasteiger partial charge in [-0.05, 0) is 24.9 Å². The summed E-state index contributed by atoms with van der Waals surface area (Å²) in [4.78, 5) is 11.6. The lowest BCUT2D eigenvalue weighted by Gasteiger charge is -2.12. The van der Waals surface area contributed by atoms with E-state index < -0.39 is 5.92 Å².